The molecule has 2 aliphatic rings. The highest BCUT2D eigenvalue weighted by molar-refractivity contribution is 5.49. The van der Waals surface area contributed by atoms with Gasteiger partial charge < -0.3 is 9.47 Å². The SMILES string of the molecule is CC1(C)Oc2ccc(C3(N=C=O)CCC3)cc2O1. The Hall–Kier alpha value is -1.80. The number of isocyanates is 1. The fourth-order valence-electron chi connectivity index (χ4n) is 2.58. The summed E-state index contributed by atoms with van der Waals surface area (Å²) in [5, 5.41) is 0. The molecule has 3 rings (SSSR count). The van der Waals surface area contributed by atoms with Gasteiger partial charge in [0.2, 0.25) is 11.9 Å². The van der Waals surface area contributed by atoms with E-state index < -0.39 is 5.79 Å². The Kier molecular flexibility index (Phi) is 2.26. The van der Waals surface area contributed by atoms with Gasteiger partial charge in [0.05, 0.1) is 5.54 Å². The van der Waals surface area contributed by atoms with Crippen LogP contribution in [0.5, 0.6) is 11.5 Å². The number of benzene rings is 1. The number of hydrogen-bond donors (Lipinski definition) is 0. The number of hydrogen-bond acceptors (Lipinski definition) is 4. The minimum Gasteiger partial charge on any atom is -0.449 e. The minimum atomic E-state index is -0.623. The molecule has 18 heavy (non-hydrogen) atoms. The zero-order valence-corrected chi connectivity index (χ0v) is 10.5. The summed E-state index contributed by atoms with van der Waals surface area (Å²) in [5.41, 5.74) is 0.629. The van der Waals surface area contributed by atoms with Crippen molar-refractivity contribution in [3.8, 4) is 11.5 Å². The maximum Gasteiger partial charge on any atom is 0.246 e. The highest BCUT2D eigenvalue weighted by Crippen LogP contribution is 2.48. The third-order valence-corrected chi connectivity index (χ3v) is 3.63. The summed E-state index contributed by atoms with van der Waals surface area (Å²) in [6, 6.07) is 5.79. The molecule has 0 atom stereocenters. The van der Waals surface area contributed by atoms with E-state index in [1.54, 1.807) is 6.08 Å². The van der Waals surface area contributed by atoms with Crippen LogP contribution in [0.25, 0.3) is 0 Å². The topological polar surface area (TPSA) is 47.9 Å². The molecule has 1 fully saturated rings. The third-order valence-electron chi connectivity index (χ3n) is 3.63. The predicted molar refractivity (Wildman–Crippen MR) is 65.4 cm³/mol. The van der Waals surface area contributed by atoms with E-state index in [0.29, 0.717) is 0 Å². The van der Waals surface area contributed by atoms with Crippen LogP contribution in [0.2, 0.25) is 0 Å². The molecule has 4 heteroatoms. The molecule has 1 aliphatic carbocycles. The van der Waals surface area contributed by atoms with Crippen molar-refractivity contribution in [1.29, 1.82) is 0 Å². The molecular weight excluding hydrogens is 230 g/mol. The van der Waals surface area contributed by atoms with Crippen molar-refractivity contribution in [3.05, 3.63) is 23.8 Å². The largest absolute Gasteiger partial charge is 0.449 e. The molecule has 4 nitrogen and oxygen atoms in total. The van der Waals surface area contributed by atoms with Crippen molar-refractivity contribution in [3.63, 3.8) is 0 Å². The molecule has 0 saturated heterocycles. The van der Waals surface area contributed by atoms with Gasteiger partial charge in [-0.1, -0.05) is 6.07 Å². The Morgan fingerprint density at radius 1 is 1.22 bits per heavy atom. The van der Waals surface area contributed by atoms with Crippen LogP contribution in [0.3, 0.4) is 0 Å². The Bertz CT molecular complexity index is 540. The molecule has 1 aromatic rings. The van der Waals surface area contributed by atoms with Crippen LogP contribution >= 0.6 is 0 Å². The number of nitrogens with zero attached hydrogens (tertiary/aromatic N) is 1. The lowest BCUT2D eigenvalue weighted by Gasteiger charge is -2.37. The first-order chi connectivity index (χ1) is 8.55. The first kappa shape index (κ1) is 11.3. The second-order valence-corrected chi connectivity index (χ2v) is 5.35. The molecular formula is C14H15NO3. The highest BCUT2D eigenvalue weighted by atomic mass is 16.7. The number of aliphatic imine (C=N–C) groups is 1. The summed E-state index contributed by atoms with van der Waals surface area (Å²) in [6.45, 7) is 3.74. The van der Waals surface area contributed by atoms with Gasteiger partial charge in [0.25, 0.3) is 0 Å². The van der Waals surface area contributed by atoms with Crippen molar-refractivity contribution in [2.24, 2.45) is 4.99 Å². The second kappa shape index (κ2) is 3.59. The van der Waals surface area contributed by atoms with Gasteiger partial charge in [-0.25, -0.2) is 4.79 Å². The molecule has 0 spiro atoms. The molecule has 0 bridgehead atoms. The lowest BCUT2D eigenvalue weighted by molar-refractivity contribution is -0.0431. The maximum atomic E-state index is 10.6. The molecule has 0 radical (unpaired) electrons. The van der Waals surface area contributed by atoms with Crippen molar-refractivity contribution in [2.45, 2.75) is 44.4 Å². The van der Waals surface area contributed by atoms with Gasteiger partial charge in [-0.05, 0) is 37.0 Å². The fourth-order valence-corrected chi connectivity index (χ4v) is 2.58. The Balaban J connectivity index is 1.99. The Morgan fingerprint density at radius 3 is 2.56 bits per heavy atom. The fraction of sp³-hybridized carbons (Fsp3) is 0.500. The van der Waals surface area contributed by atoms with E-state index in [0.717, 1.165) is 36.3 Å². The predicted octanol–water partition coefficient (Wildman–Crippen LogP) is 2.91. The Labute approximate surface area is 106 Å². The van der Waals surface area contributed by atoms with E-state index in [-0.39, 0.29) is 5.54 Å². The second-order valence-electron chi connectivity index (χ2n) is 5.35. The van der Waals surface area contributed by atoms with Crippen LogP contribution in [-0.4, -0.2) is 11.9 Å². The molecule has 1 aliphatic heterocycles. The molecule has 0 amide bonds. The molecule has 1 saturated carbocycles. The van der Waals surface area contributed by atoms with E-state index in [1.165, 1.54) is 0 Å². The van der Waals surface area contributed by atoms with E-state index in [2.05, 4.69) is 4.99 Å². The maximum absolute atomic E-state index is 10.6. The van der Waals surface area contributed by atoms with Gasteiger partial charge in [-0.15, -0.1) is 0 Å². The van der Waals surface area contributed by atoms with Crippen molar-refractivity contribution in [2.75, 3.05) is 0 Å². The molecule has 94 valence electrons. The van der Waals surface area contributed by atoms with Crippen LogP contribution in [0.1, 0.15) is 38.7 Å². The average molecular weight is 245 g/mol. The monoisotopic (exact) mass is 245 g/mol. The lowest BCUT2D eigenvalue weighted by Crippen LogP contribution is -2.31. The number of carbonyl (C=O) groups excluding carboxylic acids is 1. The molecule has 0 N–H and O–H groups in total. The minimum absolute atomic E-state index is 0.382. The van der Waals surface area contributed by atoms with Crippen LogP contribution in [-0.2, 0) is 10.3 Å². The summed E-state index contributed by atoms with van der Waals surface area (Å²) in [7, 11) is 0. The summed E-state index contributed by atoms with van der Waals surface area (Å²) in [4.78, 5) is 14.6. The summed E-state index contributed by atoms with van der Waals surface area (Å²) < 4.78 is 11.4. The van der Waals surface area contributed by atoms with Gasteiger partial charge in [0, 0.05) is 13.8 Å². The number of fused-ring (bicyclic) bond motifs is 1. The van der Waals surface area contributed by atoms with E-state index in [4.69, 9.17) is 9.47 Å². The first-order valence-electron chi connectivity index (χ1n) is 6.16. The smallest absolute Gasteiger partial charge is 0.246 e. The number of rotatable bonds is 2. The molecule has 1 heterocycles. The van der Waals surface area contributed by atoms with E-state index in [9.17, 15) is 4.79 Å². The molecule has 1 aromatic carbocycles. The average Bonchev–Trinajstić information content (AvgIpc) is 2.56. The van der Waals surface area contributed by atoms with Crippen molar-refractivity contribution < 1.29 is 14.3 Å². The molecule has 0 unspecified atom stereocenters. The van der Waals surface area contributed by atoms with Crippen molar-refractivity contribution in [1.82, 2.24) is 0 Å². The third kappa shape index (κ3) is 1.61. The van der Waals surface area contributed by atoms with Gasteiger partial charge in [-0.2, -0.15) is 4.99 Å². The quantitative estimate of drug-likeness (QED) is 0.594. The van der Waals surface area contributed by atoms with Crippen LogP contribution < -0.4 is 9.47 Å². The summed E-state index contributed by atoms with van der Waals surface area (Å²) >= 11 is 0. The summed E-state index contributed by atoms with van der Waals surface area (Å²) in [6.07, 6.45) is 4.57. The standard InChI is InChI=1S/C14H15NO3/c1-13(2)17-11-5-4-10(8-12(11)18-13)14(15-9-16)6-3-7-14/h4-5,8H,3,6-7H2,1-2H3. The molecule has 0 aromatic heterocycles. The first-order valence-corrected chi connectivity index (χ1v) is 6.16. The summed E-state index contributed by atoms with van der Waals surface area (Å²) in [5.74, 6) is 0.847. The van der Waals surface area contributed by atoms with E-state index >= 15 is 0 Å². The number of ether oxygens (including phenoxy) is 2. The van der Waals surface area contributed by atoms with Crippen LogP contribution in [0.15, 0.2) is 23.2 Å². The highest BCUT2D eigenvalue weighted by Gasteiger charge is 2.40. The zero-order valence-electron chi connectivity index (χ0n) is 10.5. The van der Waals surface area contributed by atoms with E-state index in [1.807, 2.05) is 32.0 Å². The Morgan fingerprint density at radius 2 is 1.94 bits per heavy atom. The van der Waals surface area contributed by atoms with Crippen LogP contribution in [0.4, 0.5) is 0 Å². The zero-order chi connectivity index (χ0) is 12.8. The normalized spacial score (nSPS) is 21.9. The van der Waals surface area contributed by atoms with Gasteiger partial charge in [0.15, 0.2) is 11.5 Å². The van der Waals surface area contributed by atoms with Crippen molar-refractivity contribution >= 4 is 6.08 Å². The van der Waals surface area contributed by atoms with Gasteiger partial charge in [0.1, 0.15) is 0 Å². The van der Waals surface area contributed by atoms with Crippen LogP contribution in [0, 0.1) is 0 Å². The lowest BCUT2D eigenvalue weighted by atomic mass is 9.72. The van der Waals surface area contributed by atoms with Gasteiger partial charge >= 0.3 is 0 Å². The van der Waals surface area contributed by atoms with Gasteiger partial charge in [-0.3, -0.25) is 0 Å².